The third kappa shape index (κ3) is 4.80. The zero-order valence-corrected chi connectivity index (χ0v) is 13.4. The largest absolute Gasteiger partial charge is 0.487 e. The van der Waals surface area contributed by atoms with E-state index in [4.69, 9.17) is 4.74 Å². The Bertz CT molecular complexity index is 555. The normalized spacial score (nSPS) is 13.8. The number of amides is 2. The summed E-state index contributed by atoms with van der Waals surface area (Å²) in [5.41, 5.74) is 1.22. The van der Waals surface area contributed by atoms with Gasteiger partial charge in [0, 0.05) is 29.0 Å². The summed E-state index contributed by atoms with van der Waals surface area (Å²) >= 11 is 1.56. The number of hydrogen-bond acceptors (Lipinski definition) is 4. The van der Waals surface area contributed by atoms with Crippen LogP contribution in [0.1, 0.15) is 30.1 Å². The molecule has 0 unspecified atom stereocenters. The average molecular weight is 320 g/mol. The molecule has 1 aromatic carbocycles. The van der Waals surface area contributed by atoms with Crippen molar-refractivity contribution in [1.29, 1.82) is 0 Å². The van der Waals surface area contributed by atoms with E-state index in [9.17, 15) is 9.59 Å². The molecule has 1 heterocycles. The molecule has 118 valence electrons. The lowest BCUT2D eigenvalue weighted by molar-refractivity contribution is -0.116. The van der Waals surface area contributed by atoms with Crippen LogP contribution in [0.3, 0.4) is 0 Å². The smallest absolute Gasteiger partial charge is 0.291 e. The number of hydrogen-bond donors (Lipinski definition) is 2. The monoisotopic (exact) mass is 320 g/mol. The van der Waals surface area contributed by atoms with Crippen LogP contribution < -0.4 is 10.6 Å². The topological polar surface area (TPSA) is 67.4 Å². The third-order valence-corrected chi connectivity index (χ3v) is 3.88. The summed E-state index contributed by atoms with van der Waals surface area (Å²) in [5.74, 6) is 0.824. The van der Waals surface area contributed by atoms with Crippen LogP contribution >= 0.6 is 11.8 Å². The Kier molecular flexibility index (Phi) is 6.33. The number of rotatable bonds is 6. The van der Waals surface area contributed by atoms with E-state index in [0.717, 1.165) is 18.6 Å². The van der Waals surface area contributed by atoms with E-state index < -0.39 is 0 Å². The molecule has 0 radical (unpaired) electrons. The first-order valence-corrected chi connectivity index (χ1v) is 8.39. The van der Waals surface area contributed by atoms with E-state index in [-0.39, 0.29) is 11.8 Å². The molecule has 2 N–H and O–H groups in total. The lowest BCUT2D eigenvalue weighted by Gasteiger charge is -2.14. The van der Waals surface area contributed by atoms with Gasteiger partial charge in [0.05, 0.1) is 6.61 Å². The van der Waals surface area contributed by atoms with Gasteiger partial charge in [0.2, 0.25) is 0 Å². The Morgan fingerprint density at radius 2 is 2.00 bits per heavy atom. The molecule has 2 amide bonds. The second kappa shape index (κ2) is 8.48. The first-order valence-electron chi connectivity index (χ1n) is 7.35. The maximum Gasteiger partial charge on any atom is 0.291 e. The Morgan fingerprint density at radius 1 is 1.23 bits per heavy atom. The van der Waals surface area contributed by atoms with E-state index in [1.807, 2.05) is 0 Å². The summed E-state index contributed by atoms with van der Waals surface area (Å²) in [6, 6.07) is 6.82. The van der Waals surface area contributed by atoms with Crippen molar-refractivity contribution in [3.63, 3.8) is 0 Å². The summed E-state index contributed by atoms with van der Waals surface area (Å²) in [5, 5.41) is 7.32. The SMILES string of the molecule is CCCCNC(=O)c1ccc(NC(=O)C2=CSCCO2)cc1. The molecule has 1 aromatic rings. The highest BCUT2D eigenvalue weighted by atomic mass is 32.2. The number of ether oxygens (including phenoxy) is 1. The van der Waals surface area contributed by atoms with Gasteiger partial charge < -0.3 is 15.4 Å². The van der Waals surface area contributed by atoms with Crippen LogP contribution in [0.5, 0.6) is 0 Å². The standard InChI is InChI=1S/C16H20N2O3S/c1-2-3-8-17-15(19)12-4-6-13(7-5-12)18-16(20)14-11-22-10-9-21-14/h4-7,11H,2-3,8-10H2,1H3,(H,17,19)(H,18,20). The maximum absolute atomic E-state index is 12.0. The molecule has 0 saturated carbocycles. The predicted octanol–water partition coefficient (Wildman–Crippen LogP) is 2.76. The Hall–Kier alpha value is -1.95. The molecule has 2 rings (SSSR count). The quantitative estimate of drug-likeness (QED) is 0.791. The van der Waals surface area contributed by atoms with Crippen molar-refractivity contribution in [1.82, 2.24) is 5.32 Å². The highest BCUT2D eigenvalue weighted by Crippen LogP contribution is 2.17. The number of nitrogens with one attached hydrogen (secondary N) is 2. The van der Waals surface area contributed by atoms with Crippen LogP contribution in [0.4, 0.5) is 5.69 Å². The maximum atomic E-state index is 12.0. The number of anilines is 1. The Labute approximate surface area is 134 Å². The molecule has 1 aliphatic heterocycles. The van der Waals surface area contributed by atoms with E-state index in [1.165, 1.54) is 0 Å². The van der Waals surface area contributed by atoms with Crippen molar-refractivity contribution in [2.45, 2.75) is 19.8 Å². The van der Waals surface area contributed by atoms with Crippen LogP contribution in [-0.2, 0) is 9.53 Å². The van der Waals surface area contributed by atoms with Gasteiger partial charge >= 0.3 is 0 Å². The summed E-state index contributed by atoms with van der Waals surface area (Å²) in [4.78, 5) is 23.8. The fourth-order valence-electron chi connectivity index (χ4n) is 1.87. The molecule has 0 saturated heterocycles. The van der Waals surface area contributed by atoms with Crippen LogP contribution in [0.25, 0.3) is 0 Å². The van der Waals surface area contributed by atoms with Gasteiger partial charge in [-0.05, 0) is 30.7 Å². The summed E-state index contributed by atoms with van der Waals surface area (Å²) in [7, 11) is 0. The van der Waals surface area contributed by atoms with Crippen LogP contribution in [0.15, 0.2) is 35.4 Å². The van der Waals surface area contributed by atoms with Gasteiger partial charge in [-0.2, -0.15) is 0 Å². The zero-order valence-electron chi connectivity index (χ0n) is 12.6. The Morgan fingerprint density at radius 3 is 2.64 bits per heavy atom. The van der Waals surface area contributed by atoms with Gasteiger partial charge in [-0.15, -0.1) is 11.8 Å². The van der Waals surface area contributed by atoms with Crippen LogP contribution in [0, 0.1) is 0 Å². The third-order valence-electron chi connectivity index (χ3n) is 3.09. The molecule has 0 fully saturated rings. The molecule has 5 nitrogen and oxygen atoms in total. The Balaban J connectivity index is 1.90. The van der Waals surface area contributed by atoms with Crippen molar-refractivity contribution >= 4 is 29.3 Å². The molecule has 0 bridgehead atoms. The summed E-state index contributed by atoms with van der Waals surface area (Å²) < 4.78 is 5.29. The summed E-state index contributed by atoms with van der Waals surface area (Å²) in [6.07, 6.45) is 2.01. The second-order valence-electron chi connectivity index (χ2n) is 4.84. The zero-order chi connectivity index (χ0) is 15.8. The highest BCUT2D eigenvalue weighted by molar-refractivity contribution is 8.02. The predicted molar refractivity (Wildman–Crippen MR) is 88.8 cm³/mol. The molecule has 0 atom stereocenters. The fraction of sp³-hybridized carbons (Fsp3) is 0.375. The minimum atomic E-state index is -0.271. The van der Waals surface area contributed by atoms with Gasteiger partial charge in [-0.25, -0.2) is 0 Å². The molecule has 0 aromatic heterocycles. The number of benzene rings is 1. The van der Waals surface area contributed by atoms with Crippen LogP contribution in [-0.4, -0.2) is 30.7 Å². The average Bonchev–Trinajstić information content (AvgIpc) is 2.56. The second-order valence-corrected chi connectivity index (χ2v) is 5.82. The molecule has 0 aliphatic carbocycles. The molecule has 6 heteroatoms. The first-order chi connectivity index (χ1) is 10.7. The molecule has 22 heavy (non-hydrogen) atoms. The van der Waals surface area contributed by atoms with Gasteiger partial charge in [0.25, 0.3) is 11.8 Å². The van der Waals surface area contributed by atoms with Crippen molar-refractivity contribution in [2.75, 3.05) is 24.2 Å². The molecule has 0 spiro atoms. The van der Waals surface area contributed by atoms with Crippen LogP contribution in [0.2, 0.25) is 0 Å². The van der Waals surface area contributed by atoms with Gasteiger partial charge in [-0.1, -0.05) is 13.3 Å². The first kappa shape index (κ1) is 16.4. The van der Waals surface area contributed by atoms with Crippen molar-refractivity contribution in [3.05, 3.63) is 41.0 Å². The fourth-order valence-corrected chi connectivity index (χ4v) is 2.49. The van der Waals surface area contributed by atoms with E-state index in [1.54, 1.807) is 41.4 Å². The lowest BCUT2D eigenvalue weighted by atomic mass is 10.2. The minimum Gasteiger partial charge on any atom is -0.487 e. The molecular weight excluding hydrogens is 300 g/mol. The molecular formula is C16H20N2O3S. The van der Waals surface area contributed by atoms with E-state index in [0.29, 0.717) is 30.2 Å². The van der Waals surface area contributed by atoms with E-state index in [2.05, 4.69) is 17.6 Å². The van der Waals surface area contributed by atoms with E-state index >= 15 is 0 Å². The molecule has 1 aliphatic rings. The van der Waals surface area contributed by atoms with Crippen molar-refractivity contribution in [3.8, 4) is 0 Å². The number of thioether (sulfide) groups is 1. The number of carbonyl (C=O) groups is 2. The van der Waals surface area contributed by atoms with Gasteiger partial charge in [0.1, 0.15) is 0 Å². The summed E-state index contributed by atoms with van der Waals surface area (Å²) in [6.45, 7) is 3.30. The van der Waals surface area contributed by atoms with Crippen molar-refractivity contribution < 1.29 is 14.3 Å². The number of unbranched alkanes of at least 4 members (excludes halogenated alkanes) is 1. The van der Waals surface area contributed by atoms with Crippen molar-refractivity contribution in [2.24, 2.45) is 0 Å². The van der Waals surface area contributed by atoms with Gasteiger partial charge in [-0.3, -0.25) is 9.59 Å². The highest BCUT2D eigenvalue weighted by Gasteiger charge is 2.14. The number of carbonyl (C=O) groups excluding carboxylic acids is 2. The lowest BCUT2D eigenvalue weighted by Crippen LogP contribution is -2.24. The van der Waals surface area contributed by atoms with Gasteiger partial charge in [0.15, 0.2) is 5.76 Å². The minimum absolute atomic E-state index is 0.0963.